The highest BCUT2D eigenvalue weighted by molar-refractivity contribution is 7.94. The van der Waals surface area contributed by atoms with E-state index in [1.54, 1.807) is 38.1 Å². The van der Waals surface area contributed by atoms with E-state index in [0.29, 0.717) is 18.0 Å². The molecule has 1 amide bonds. The van der Waals surface area contributed by atoms with Gasteiger partial charge in [0, 0.05) is 6.42 Å². The van der Waals surface area contributed by atoms with Gasteiger partial charge in [-0.3, -0.25) is 9.52 Å². The number of nitrogens with zero attached hydrogens (tertiary/aromatic N) is 2. The molecule has 8 nitrogen and oxygen atoms in total. The van der Waals surface area contributed by atoms with Gasteiger partial charge < -0.3 is 10.1 Å². The average molecular weight is 356 g/mol. The molecule has 0 spiro atoms. The van der Waals surface area contributed by atoms with Crippen molar-refractivity contribution in [1.29, 1.82) is 0 Å². The molecule has 124 valence electrons. The zero-order valence-electron chi connectivity index (χ0n) is 12.6. The second kappa shape index (κ2) is 7.38. The van der Waals surface area contributed by atoms with Crippen molar-refractivity contribution in [3.63, 3.8) is 0 Å². The average Bonchev–Trinajstić information content (AvgIpc) is 2.98. The van der Waals surface area contributed by atoms with Crippen molar-refractivity contribution in [2.45, 2.75) is 24.6 Å². The van der Waals surface area contributed by atoms with Crippen molar-refractivity contribution in [1.82, 2.24) is 10.2 Å². The number of carbonyl (C=O) groups excluding carboxylic acids is 1. The summed E-state index contributed by atoms with van der Waals surface area (Å²) in [6, 6.07) is 6.68. The fourth-order valence-electron chi connectivity index (χ4n) is 1.60. The number of aromatic nitrogens is 2. The van der Waals surface area contributed by atoms with E-state index >= 15 is 0 Å². The third kappa shape index (κ3) is 4.39. The molecule has 2 rings (SSSR count). The van der Waals surface area contributed by atoms with Crippen LogP contribution in [-0.2, 0) is 14.8 Å². The van der Waals surface area contributed by atoms with Crippen LogP contribution in [0.1, 0.15) is 20.3 Å². The molecule has 1 aromatic heterocycles. The van der Waals surface area contributed by atoms with E-state index in [-0.39, 0.29) is 21.8 Å². The van der Waals surface area contributed by atoms with Crippen molar-refractivity contribution < 1.29 is 17.9 Å². The number of hydrogen-bond acceptors (Lipinski definition) is 7. The van der Waals surface area contributed by atoms with E-state index in [2.05, 4.69) is 20.2 Å². The fraction of sp³-hybridized carbons (Fsp3) is 0.308. The van der Waals surface area contributed by atoms with E-state index < -0.39 is 10.0 Å². The van der Waals surface area contributed by atoms with Gasteiger partial charge in [-0.25, -0.2) is 0 Å². The maximum absolute atomic E-state index is 12.4. The van der Waals surface area contributed by atoms with Gasteiger partial charge in [0.25, 0.3) is 14.4 Å². The highest BCUT2D eigenvalue weighted by Gasteiger charge is 2.22. The molecule has 1 aromatic carbocycles. The van der Waals surface area contributed by atoms with Crippen LogP contribution < -0.4 is 14.8 Å². The van der Waals surface area contributed by atoms with E-state index in [4.69, 9.17) is 4.74 Å². The third-order valence-corrected chi connectivity index (χ3v) is 5.21. The van der Waals surface area contributed by atoms with E-state index in [0.717, 1.165) is 11.3 Å². The Morgan fingerprint density at radius 1 is 1.26 bits per heavy atom. The number of carbonyl (C=O) groups is 1. The van der Waals surface area contributed by atoms with Crippen LogP contribution in [0.4, 0.5) is 10.8 Å². The Morgan fingerprint density at radius 3 is 2.70 bits per heavy atom. The van der Waals surface area contributed by atoms with Gasteiger partial charge in [0.15, 0.2) is 0 Å². The lowest BCUT2D eigenvalue weighted by atomic mass is 10.3. The molecule has 0 atom stereocenters. The molecule has 0 saturated carbocycles. The summed E-state index contributed by atoms with van der Waals surface area (Å²) >= 11 is 0.777. The van der Waals surface area contributed by atoms with E-state index in [1.807, 2.05) is 0 Å². The number of amides is 1. The number of para-hydroxylation sites is 2. The lowest BCUT2D eigenvalue weighted by Gasteiger charge is -2.10. The largest absolute Gasteiger partial charge is 0.492 e. The highest BCUT2D eigenvalue weighted by Crippen LogP contribution is 2.28. The first kappa shape index (κ1) is 17.2. The quantitative estimate of drug-likeness (QED) is 0.735. The van der Waals surface area contributed by atoms with Crippen LogP contribution in [0.25, 0.3) is 0 Å². The van der Waals surface area contributed by atoms with Gasteiger partial charge in [-0.2, -0.15) is 8.42 Å². The van der Waals surface area contributed by atoms with Gasteiger partial charge in [-0.15, -0.1) is 10.2 Å². The summed E-state index contributed by atoms with van der Waals surface area (Å²) in [5.41, 5.74) is 0.309. The second-order valence-corrected chi connectivity index (χ2v) is 7.14. The lowest BCUT2D eigenvalue weighted by molar-refractivity contribution is -0.115. The molecule has 2 N–H and O–H groups in total. The predicted octanol–water partition coefficient (Wildman–Crippen LogP) is 2.09. The van der Waals surface area contributed by atoms with Gasteiger partial charge in [-0.05, 0) is 19.1 Å². The number of nitrogens with one attached hydrogen (secondary N) is 2. The first-order valence-electron chi connectivity index (χ1n) is 6.84. The summed E-state index contributed by atoms with van der Waals surface area (Å²) < 4.78 is 32.3. The molecule has 23 heavy (non-hydrogen) atoms. The zero-order chi connectivity index (χ0) is 16.9. The van der Waals surface area contributed by atoms with Gasteiger partial charge in [0.1, 0.15) is 5.75 Å². The van der Waals surface area contributed by atoms with Crippen molar-refractivity contribution in [2.75, 3.05) is 16.6 Å². The Morgan fingerprint density at radius 2 is 2.00 bits per heavy atom. The number of hydrogen-bond donors (Lipinski definition) is 2. The van der Waals surface area contributed by atoms with Crippen molar-refractivity contribution >= 4 is 38.1 Å². The summed E-state index contributed by atoms with van der Waals surface area (Å²) in [5.74, 6) is 0.155. The van der Waals surface area contributed by atoms with Crippen LogP contribution in [0.3, 0.4) is 0 Å². The standard InChI is InChI=1S/C13H16N4O4S2/c1-3-11(18)14-12-15-16-13(22-12)23(19,20)17-9-7-5-6-8-10(9)21-4-2/h5-8,17H,3-4H2,1-2H3,(H,14,15,18). The zero-order valence-corrected chi connectivity index (χ0v) is 14.2. The first-order chi connectivity index (χ1) is 11.0. The summed E-state index contributed by atoms with van der Waals surface area (Å²) in [6.07, 6.45) is 0.266. The monoisotopic (exact) mass is 356 g/mol. The topological polar surface area (TPSA) is 110 Å². The predicted molar refractivity (Wildman–Crippen MR) is 87.2 cm³/mol. The summed E-state index contributed by atoms with van der Waals surface area (Å²) in [4.78, 5) is 11.3. The van der Waals surface area contributed by atoms with Crippen LogP contribution in [0.5, 0.6) is 5.75 Å². The lowest BCUT2D eigenvalue weighted by Crippen LogP contribution is -2.13. The molecular formula is C13H16N4O4S2. The molecule has 0 aliphatic carbocycles. The minimum Gasteiger partial charge on any atom is -0.492 e. The van der Waals surface area contributed by atoms with Gasteiger partial charge >= 0.3 is 0 Å². The SMILES string of the molecule is CCOc1ccccc1NS(=O)(=O)c1nnc(NC(=O)CC)s1. The Kier molecular flexibility index (Phi) is 5.50. The Labute approximate surface area is 137 Å². The summed E-state index contributed by atoms with van der Waals surface area (Å²) in [7, 11) is -3.91. The van der Waals surface area contributed by atoms with E-state index in [9.17, 15) is 13.2 Å². The molecule has 0 fully saturated rings. The molecule has 0 saturated heterocycles. The molecule has 0 bridgehead atoms. The van der Waals surface area contributed by atoms with Gasteiger partial charge in [0.05, 0.1) is 12.3 Å². The Hall–Kier alpha value is -2.20. The number of benzene rings is 1. The van der Waals surface area contributed by atoms with E-state index in [1.165, 1.54) is 0 Å². The highest BCUT2D eigenvalue weighted by atomic mass is 32.2. The first-order valence-corrected chi connectivity index (χ1v) is 9.14. The molecule has 0 aliphatic heterocycles. The molecule has 2 aromatic rings. The molecule has 1 heterocycles. The number of sulfonamides is 1. The third-order valence-electron chi connectivity index (χ3n) is 2.64. The molecule has 10 heteroatoms. The molecule has 0 radical (unpaired) electrons. The van der Waals surface area contributed by atoms with Crippen LogP contribution >= 0.6 is 11.3 Å². The maximum Gasteiger partial charge on any atom is 0.291 e. The van der Waals surface area contributed by atoms with Crippen LogP contribution in [0, 0.1) is 0 Å². The van der Waals surface area contributed by atoms with Gasteiger partial charge in [0.2, 0.25) is 11.0 Å². The minimum absolute atomic E-state index is 0.135. The Bertz CT molecular complexity index is 789. The van der Waals surface area contributed by atoms with Crippen molar-refractivity contribution in [3.8, 4) is 5.75 Å². The summed E-state index contributed by atoms with van der Waals surface area (Å²) in [5, 5.41) is 9.87. The van der Waals surface area contributed by atoms with Gasteiger partial charge in [-0.1, -0.05) is 30.4 Å². The normalized spacial score (nSPS) is 11.0. The maximum atomic E-state index is 12.4. The number of ether oxygens (including phenoxy) is 1. The fourth-order valence-corrected chi connectivity index (χ4v) is 3.59. The van der Waals surface area contributed by atoms with Crippen molar-refractivity contribution in [2.24, 2.45) is 0 Å². The molecule has 0 aliphatic rings. The van der Waals surface area contributed by atoms with Crippen LogP contribution in [0.2, 0.25) is 0 Å². The van der Waals surface area contributed by atoms with Crippen LogP contribution in [0.15, 0.2) is 28.6 Å². The summed E-state index contributed by atoms with van der Waals surface area (Å²) in [6.45, 7) is 3.89. The second-order valence-electron chi connectivity index (χ2n) is 4.31. The smallest absolute Gasteiger partial charge is 0.291 e. The number of rotatable bonds is 7. The molecular weight excluding hydrogens is 340 g/mol. The number of anilines is 2. The van der Waals surface area contributed by atoms with Crippen LogP contribution in [-0.4, -0.2) is 31.1 Å². The minimum atomic E-state index is -3.91. The molecule has 0 unspecified atom stereocenters. The Balaban J connectivity index is 2.21. The van der Waals surface area contributed by atoms with Crippen molar-refractivity contribution in [3.05, 3.63) is 24.3 Å².